The molecule has 1 aliphatic carbocycles. The van der Waals surface area contributed by atoms with Crippen molar-refractivity contribution < 1.29 is 23.6 Å². The number of aromatic nitrogens is 4. The highest BCUT2D eigenvalue weighted by Gasteiger charge is 2.35. The fourth-order valence-corrected chi connectivity index (χ4v) is 11.6. The Morgan fingerprint density at radius 3 is 2.43 bits per heavy atom. The van der Waals surface area contributed by atoms with Gasteiger partial charge >= 0.3 is 0 Å². The monoisotopic (exact) mass is 964 g/mol. The van der Waals surface area contributed by atoms with Gasteiger partial charge in [0.15, 0.2) is 0 Å². The van der Waals surface area contributed by atoms with Crippen molar-refractivity contribution in [3.8, 4) is 11.5 Å². The second kappa shape index (κ2) is 19.4. The first-order valence-corrected chi connectivity index (χ1v) is 26.2. The van der Waals surface area contributed by atoms with Gasteiger partial charge in [-0.1, -0.05) is 19.1 Å². The Kier molecular flexibility index (Phi) is 13.4. The first kappa shape index (κ1) is 45.0. The van der Waals surface area contributed by atoms with E-state index in [1.807, 2.05) is 36.4 Å². The van der Waals surface area contributed by atoms with Crippen LogP contribution < -0.4 is 35.6 Å². The highest BCUT2D eigenvalue weighted by atomic mass is 79.9. The first-order chi connectivity index (χ1) is 31.4. The Morgan fingerprint density at radius 1 is 0.908 bits per heavy atom. The minimum atomic E-state index is -2.77. The van der Waals surface area contributed by atoms with Gasteiger partial charge in [0.05, 0.1) is 45.8 Å². The van der Waals surface area contributed by atoms with Crippen LogP contribution in [0.4, 0.5) is 28.8 Å². The Hall–Kier alpha value is -5.15. The lowest BCUT2D eigenvalue weighted by Gasteiger charge is -2.45. The number of carbonyl (C=O) groups excluding carboxylic acids is 2. The summed E-state index contributed by atoms with van der Waals surface area (Å²) in [6, 6.07) is 16.5. The van der Waals surface area contributed by atoms with Gasteiger partial charge < -0.3 is 34.5 Å². The predicted molar refractivity (Wildman–Crippen MR) is 259 cm³/mol. The van der Waals surface area contributed by atoms with Gasteiger partial charge in [0.2, 0.25) is 17.8 Å². The SMILES string of the molecule is CCc1cc(Nc2ncc(Br)c(Nc3ccc4nccnc4c3P(C)(C)=O)n2)c(OC)cc1N1CCC(N2CCN(CC3CC(Oc4cccc(C5CCC(=O)NC5=O)c4)C3)CC2)CC1. The van der Waals surface area contributed by atoms with Crippen molar-refractivity contribution in [1.29, 1.82) is 0 Å². The number of hydrogen-bond donors (Lipinski definition) is 3. The largest absolute Gasteiger partial charge is 0.494 e. The second-order valence-corrected chi connectivity index (χ2v) is 22.1. The predicted octanol–water partition coefficient (Wildman–Crippen LogP) is 7.45. The maximum atomic E-state index is 13.5. The summed E-state index contributed by atoms with van der Waals surface area (Å²) in [5.41, 5.74) is 6.06. The number of amides is 2. The van der Waals surface area contributed by atoms with E-state index in [9.17, 15) is 14.2 Å². The van der Waals surface area contributed by atoms with E-state index in [0.29, 0.717) is 68.8 Å². The molecule has 0 radical (unpaired) electrons. The molecule has 2 aromatic heterocycles. The number of benzene rings is 3. The van der Waals surface area contributed by atoms with Crippen molar-refractivity contribution in [3.05, 3.63) is 82.7 Å². The van der Waals surface area contributed by atoms with Crippen molar-refractivity contribution in [3.63, 3.8) is 0 Å². The fraction of sp³-hybridized carbons (Fsp3) is 0.458. The minimum absolute atomic E-state index is 0.194. The van der Waals surface area contributed by atoms with Crippen LogP contribution in [-0.2, 0) is 20.6 Å². The van der Waals surface area contributed by atoms with Crippen LogP contribution in [0, 0.1) is 5.92 Å². The molecule has 65 heavy (non-hydrogen) atoms. The number of nitrogens with zero attached hydrogens (tertiary/aromatic N) is 7. The van der Waals surface area contributed by atoms with E-state index < -0.39 is 7.14 Å². The molecule has 17 heteroatoms. The smallest absolute Gasteiger partial charge is 0.234 e. The number of aryl methyl sites for hydroxylation is 1. The summed E-state index contributed by atoms with van der Waals surface area (Å²) in [5, 5.41) is 9.89. The van der Waals surface area contributed by atoms with Gasteiger partial charge in [0, 0.05) is 88.6 Å². The first-order valence-electron chi connectivity index (χ1n) is 22.8. The van der Waals surface area contributed by atoms with Crippen LogP contribution in [0.15, 0.2) is 71.6 Å². The fourth-order valence-electron chi connectivity index (χ4n) is 9.97. The molecule has 5 heterocycles. The molecule has 3 aliphatic heterocycles. The van der Waals surface area contributed by atoms with Gasteiger partial charge in [0.1, 0.15) is 30.0 Å². The lowest BCUT2D eigenvalue weighted by atomic mass is 9.81. The summed E-state index contributed by atoms with van der Waals surface area (Å²) in [4.78, 5) is 50.2. The summed E-state index contributed by atoms with van der Waals surface area (Å²) in [6.07, 6.45) is 11.3. The third-order valence-corrected chi connectivity index (χ3v) is 15.5. The summed E-state index contributed by atoms with van der Waals surface area (Å²) in [6.45, 7) is 13.1. The zero-order valence-electron chi connectivity index (χ0n) is 37.6. The molecule has 3 saturated heterocycles. The molecule has 4 fully saturated rings. The number of imide groups is 1. The van der Waals surface area contributed by atoms with E-state index in [2.05, 4.69) is 80.6 Å². The van der Waals surface area contributed by atoms with E-state index in [4.69, 9.17) is 14.5 Å². The zero-order valence-corrected chi connectivity index (χ0v) is 40.0. The molecule has 5 aromatic rings. The van der Waals surface area contributed by atoms with Crippen molar-refractivity contribution in [2.75, 3.05) is 81.8 Å². The Balaban J connectivity index is 0.763. The number of fused-ring (bicyclic) bond motifs is 1. The van der Waals surface area contributed by atoms with Crippen LogP contribution in [0.5, 0.6) is 11.5 Å². The molecule has 1 atom stereocenters. The molecule has 1 unspecified atom stereocenters. The summed E-state index contributed by atoms with van der Waals surface area (Å²) >= 11 is 3.61. The highest BCUT2D eigenvalue weighted by Crippen LogP contribution is 2.42. The topological polar surface area (TPSA) is 167 Å². The van der Waals surface area contributed by atoms with Crippen LogP contribution in [0.1, 0.15) is 62.5 Å². The zero-order chi connectivity index (χ0) is 45.2. The third-order valence-electron chi connectivity index (χ3n) is 13.4. The Morgan fingerprint density at radius 2 is 1.69 bits per heavy atom. The summed E-state index contributed by atoms with van der Waals surface area (Å²) in [7, 11) is -1.07. The second-order valence-electron chi connectivity index (χ2n) is 18.1. The van der Waals surface area contributed by atoms with E-state index in [0.717, 1.165) is 94.9 Å². The van der Waals surface area contributed by atoms with Gasteiger partial charge in [-0.05, 0) is 115 Å². The van der Waals surface area contributed by atoms with Crippen molar-refractivity contribution in [2.45, 2.75) is 69.9 Å². The average Bonchev–Trinajstić information content (AvgIpc) is 3.29. The number of piperazine rings is 1. The Labute approximate surface area is 389 Å². The third kappa shape index (κ3) is 10.2. The molecule has 2 amide bonds. The van der Waals surface area contributed by atoms with E-state index in [1.165, 1.54) is 11.3 Å². The lowest BCUT2D eigenvalue weighted by molar-refractivity contribution is -0.134. The number of halogens is 1. The summed E-state index contributed by atoms with van der Waals surface area (Å²) in [5.74, 6) is 2.36. The van der Waals surface area contributed by atoms with E-state index in [1.54, 1.807) is 39.0 Å². The molecule has 0 spiro atoms. The lowest BCUT2D eigenvalue weighted by Crippen LogP contribution is -2.54. The molecule has 3 N–H and O–H groups in total. The van der Waals surface area contributed by atoms with Gasteiger partial charge in [-0.25, -0.2) is 4.98 Å². The van der Waals surface area contributed by atoms with Crippen molar-refractivity contribution >= 4 is 80.1 Å². The molecular formula is C48H58BrN10O5P. The molecule has 4 aliphatic rings. The molecule has 9 rings (SSSR count). The van der Waals surface area contributed by atoms with Crippen molar-refractivity contribution in [1.82, 2.24) is 35.1 Å². The standard InChI is InChI=1S/C48H58BrN10O5P/c1-5-31-26-40(54-48-52-28-37(49)46(56-48)53-39-11-10-38-44(51-16-15-50-38)45(39)65(3,4)62)42(63-2)27-41(31)59-17-13-33(14-18-59)58-21-19-57(20-22-58)29-30-23-35(24-30)64-34-8-6-7-32(25-34)36-9-12-43(60)55-47(36)61/h6-8,10-11,15-16,25-28,30,33,35-36H,5,9,12-14,17-24,29H2,1-4H3,(H,55,60,61)(H2,52,53,54,56). The van der Waals surface area contributed by atoms with Gasteiger partial charge in [-0.2, -0.15) is 4.98 Å². The number of carbonyl (C=O) groups is 2. The van der Waals surface area contributed by atoms with Gasteiger partial charge in [0.25, 0.3) is 0 Å². The molecule has 3 aromatic carbocycles. The van der Waals surface area contributed by atoms with Gasteiger partial charge in [-0.3, -0.25) is 29.8 Å². The summed E-state index contributed by atoms with van der Waals surface area (Å²) < 4.78 is 26.5. The molecule has 0 bridgehead atoms. The normalized spacial score (nSPS) is 21.2. The number of anilines is 5. The van der Waals surface area contributed by atoms with Crippen LogP contribution in [0.3, 0.4) is 0 Å². The number of rotatable bonds is 14. The van der Waals surface area contributed by atoms with Crippen LogP contribution >= 0.6 is 23.1 Å². The quantitative estimate of drug-likeness (QED) is 0.0742. The van der Waals surface area contributed by atoms with Crippen molar-refractivity contribution in [2.24, 2.45) is 5.92 Å². The van der Waals surface area contributed by atoms with Crippen LogP contribution in [-0.4, -0.2) is 120 Å². The Bertz CT molecular complexity index is 2610. The van der Waals surface area contributed by atoms with Crippen LogP contribution in [0.2, 0.25) is 0 Å². The molecule has 1 saturated carbocycles. The number of methoxy groups -OCH3 is 1. The number of ether oxygens (including phenoxy) is 2. The number of hydrogen-bond acceptors (Lipinski definition) is 14. The van der Waals surface area contributed by atoms with Crippen LogP contribution in [0.25, 0.3) is 11.0 Å². The maximum Gasteiger partial charge on any atom is 0.234 e. The minimum Gasteiger partial charge on any atom is -0.494 e. The van der Waals surface area contributed by atoms with Gasteiger partial charge in [-0.15, -0.1) is 0 Å². The molecule has 342 valence electrons. The number of nitrogens with one attached hydrogen (secondary N) is 3. The average molecular weight is 966 g/mol. The van der Waals surface area contributed by atoms with E-state index >= 15 is 0 Å². The highest BCUT2D eigenvalue weighted by molar-refractivity contribution is 9.10. The number of piperidine rings is 2. The van der Waals surface area contributed by atoms with E-state index in [-0.39, 0.29) is 23.8 Å². The molecule has 15 nitrogen and oxygen atoms in total. The maximum absolute atomic E-state index is 13.5. The molecular weight excluding hydrogens is 907 g/mol.